The summed E-state index contributed by atoms with van der Waals surface area (Å²) in [5.41, 5.74) is 24.6. The summed E-state index contributed by atoms with van der Waals surface area (Å²) in [6, 6.07) is 24.1. The molecule has 0 unspecified atom stereocenters. The van der Waals surface area contributed by atoms with Gasteiger partial charge in [-0.25, -0.2) is 0 Å². The van der Waals surface area contributed by atoms with Gasteiger partial charge in [0.1, 0.15) is 0 Å². The van der Waals surface area contributed by atoms with E-state index in [1.807, 2.05) is 36.4 Å². The van der Waals surface area contributed by atoms with Gasteiger partial charge in [0.2, 0.25) is 0 Å². The van der Waals surface area contributed by atoms with Crippen LogP contribution in [0.3, 0.4) is 0 Å². The number of benzene rings is 3. The van der Waals surface area contributed by atoms with Crippen LogP contribution >= 0.6 is 0 Å². The van der Waals surface area contributed by atoms with Crippen molar-refractivity contribution >= 4 is 22.6 Å². The lowest BCUT2D eigenvalue weighted by Gasteiger charge is -2.10. The fraction of sp³-hybridized carbons (Fsp3) is 0.130. The molecule has 0 aliphatic heterocycles. The van der Waals surface area contributed by atoms with E-state index in [9.17, 15) is 0 Å². The Morgan fingerprint density at radius 3 is 1.50 bits per heavy atom. The van der Waals surface area contributed by atoms with E-state index in [-0.39, 0.29) is 0 Å². The topological polar surface area (TPSA) is 78.1 Å². The second kappa shape index (κ2) is 8.26. The highest BCUT2D eigenvalue weighted by atomic mass is 14.5. The molecule has 3 rings (SSSR count). The molecule has 0 aliphatic rings. The van der Waals surface area contributed by atoms with Crippen LogP contribution in [0, 0.1) is 0 Å². The van der Waals surface area contributed by atoms with Crippen molar-refractivity contribution in [3.05, 3.63) is 95.6 Å². The largest absolute Gasteiger partial charge is 0.399 e. The lowest BCUT2D eigenvalue weighted by molar-refractivity contribution is 0.844. The molecule has 0 saturated heterocycles. The molecule has 132 valence electrons. The SMILES string of the molecule is Nc1ccc(CCCC=C(c2ccc(N)cc2)c2ccc(N)cc2)cc1. The molecule has 0 aliphatic carbocycles. The van der Waals surface area contributed by atoms with Crippen molar-refractivity contribution in [1.29, 1.82) is 0 Å². The second-order valence-electron chi connectivity index (χ2n) is 6.50. The van der Waals surface area contributed by atoms with Crippen LogP contribution in [0.5, 0.6) is 0 Å². The minimum absolute atomic E-state index is 0.772. The molecule has 6 N–H and O–H groups in total. The zero-order chi connectivity index (χ0) is 18.4. The Bertz CT molecular complexity index is 813. The van der Waals surface area contributed by atoms with Crippen LogP contribution in [0.15, 0.2) is 78.9 Å². The zero-order valence-corrected chi connectivity index (χ0v) is 14.9. The predicted molar refractivity (Wildman–Crippen MR) is 113 cm³/mol. The fourth-order valence-electron chi connectivity index (χ4n) is 2.96. The maximum atomic E-state index is 5.84. The van der Waals surface area contributed by atoms with Gasteiger partial charge in [0.05, 0.1) is 0 Å². The van der Waals surface area contributed by atoms with Crippen LogP contribution in [0.4, 0.5) is 17.1 Å². The molecule has 0 fully saturated rings. The third-order valence-corrected chi connectivity index (χ3v) is 4.44. The fourth-order valence-corrected chi connectivity index (χ4v) is 2.96. The normalized spacial score (nSPS) is 10.5. The van der Waals surface area contributed by atoms with Crippen LogP contribution in [-0.2, 0) is 6.42 Å². The molecule has 0 heterocycles. The van der Waals surface area contributed by atoms with Crippen molar-refractivity contribution in [3.8, 4) is 0 Å². The minimum atomic E-state index is 0.772. The van der Waals surface area contributed by atoms with E-state index in [1.165, 1.54) is 11.1 Å². The van der Waals surface area contributed by atoms with Gasteiger partial charge in [-0.2, -0.15) is 0 Å². The number of rotatable bonds is 6. The smallest absolute Gasteiger partial charge is 0.0314 e. The maximum Gasteiger partial charge on any atom is 0.0314 e. The molecule has 0 radical (unpaired) electrons. The van der Waals surface area contributed by atoms with Gasteiger partial charge in [0, 0.05) is 17.1 Å². The average molecular weight is 343 g/mol. The van der Waals surface area contributed by atoms with E-state index in [4.69, 9.17) is 17.2 Å². The van der Waals surface area contributed by atoms with Crippen LogP contribution in [0.1, 0.15) is 29.5 Å². The molecule has 26 heavy (non-hydrogen) atoms. The summed E-state index contributed by atoms with van der Waals surface area (Å²) >= 11 is 0. The molecule has 0 bridgehead atoms. The van der Waals surface area contributed by atoms with Crippen LogP contribution in [0.2, 0.25) is 0 Å². The number of anilines is 3. The van der Waals surface area contributed by atoms with Gasteiger partial charge in [-0.1, -0.05) is 42.5 Å². The summed E-state index contributed by atoms with van der Waals surface area (Å²) in [6.07, 6.45) is 5.41. The summed E-state index contributed by atoms with van der Waals surface area (Å²) in [5.74, 6) is 0. The highest BCUT2D eigenvalue weighted by Gasteiger charge is 2.05. The van der Waals surface area contributed by atoms with E-state index >= 15 is 0 Å². The summed E-state index contributed by atoms with van der Waals surface area (Å²) < 4.78 is 0. The third kappa shape index (κ3) is 4.67. The molecule has 0 amide bonds. The Morgan fingerprint density at radius 1 is 0.615 bits per heavy atom. The van der Waals surface area contributed by atoms with Crippen molar-refractivity contribution in [1.82, 2.24) is 0 Å². The van der Waals surface area contributed by atoms with Crippen LogP contribution in [-0.4, -0.2) is 0 Å². The van der Waals surface area contributed by atoms with Gasteiger partial charge in [-0.3, -0.25) is 0 Å². The lowest BCUT2D eigenvalue weighted by atomic mass is 9.95. The summed E-state index contributed by atoms with van der Waals surface area (Å²) in [5, 5.41) is 0. The van der Waals surface area contributed by atoms with Crippen LogP contribution in [0.25, 0.3) is 5.57 Å². The Morgan fingerprint density at radius 2 is 1.04 bits per heavy atom. The van der Waals surface area contributed by atoms with Gasteiger partial charge >= 0.3 is 0 Å². The molecular weight excluding hydrogens is 318 g/mol. The number of unbranched alkanes of at least 4 members (excludes halogenated alkanes) is 1. The molecule has 0 saturated carbocycles. The molecule has 3 nitrogen and oxygen atoms in total. The van der Waals surface area contributed by atoms with Crippen molar-refractivity contribution < 1.29 is 0 Å². The minimum Gasteiger partial charge on any atom is -0.399 e. The highest BCUT2D eigenvalue weighted by Crippen LogP contribution is 2.26. The first-order valence-corrected chi connectivity index (χ1v) is 8.88. The molecule has 0 aromatic heterocycles. The van der Waals surface area contributed by atoms with E-state index in [1.54, 1.807) is 0 Å². The molecule has 3 aromatic rings. The first kappa shape index (κ1) is 17.6. The number of hydrogen-bond donors (Lipinski definition) is 3. The monoisotopic (exact) mass is 343 g/mol. The zero-order valence-electron chi connectivity index (χ0n) is 14.9. The van der Waals surface area contributed by atoms with E-state index in [2.05, 4.69) is 42.5 Å². The first-order valence-electron chi connectivity index (χ1n) is 8.88. The number of nitrogens with two attached hydrogens (primary N) is 3. The maximum absolute atomic E-state index is 5.84. The average Bonchev–Trinajstić information content (AvgIpc) is 2.65. The molecule has 3 heteroatoms. The Labute approximate surface area is 155 Å². The number of nitrogen functional groups attached to an aromatic ring is 3. The first-order chi connectivity index (χ1) is 12.6. The van der Waals surface area contributed by atoms with Crippen molar-refractivity contribution in [3.63, 3.8) is 0 Å². The molecular formula is C23H25N3. The molecule has 0 atom stereocenters. The van der Waals surface area contributed by atoms with E-state index < -0.39 is 0 Å². The van der Waals surface area contributed by atoms with Crippen molar-refractivity contribution in [2.45, 2.75) is 19.3 Å². The van der Waals surface area contributed by atoms with E-state index in [0.29, 0.717) is 0 Å². The van der Waals surface area contributed by atoms with Gasteiger partial charge < -0.3 is 17.2 Å². The van der Waals surface area contributed by atoms with Crippen molar-refractivity contribution in [2.24, 2.45) is 0 Å². The van der Waals surface area contributed by atoms with E-state index in [0.717, 1.165) is 47.5 Å². The highest BCUT2D eigenvalue weighted by molar-refractivity contribution is 5.80. The summed E-state index contributed by atoms with van der Waals surface area (Å²) in [7, 11) is 0. The Hall–Kier alpha value is -3.20. The van der Waals surface area contributed by atoms with Gasteiger partial charge in [0.15, 0.2) is 0 Å². The van der Waals surface area contributed by atoms with Gasteiger partial charge in [0.25, 0.3) is 0 Å². The Balaban J connectivity index is 1.76. The molecule has 0 spiro atoms. The van der Waals surface area contributed by atoms with Gasteiger partial charge in [-0.05, 0) is 77.9 Å². The lowest BCUT2D eigenvalue weighted by Crippen LogP contribution is -1.92. The number of allylic oxidation sites excluding steroid dienone is 1. The quantitative estimate of drug-likeness (QED) is 0.440. The summed E-state index contributed by atoms with van der Waals surface area (Å²) in [4.78, 5) is 0. The number of aryl methyl sites for hydroxylation is 1. The second-order valence-corrected chi connectivity index (χ2v) is 6.50. The predicted octanol–water partition coefficient (Wildman–Crippen LogP) is 4.89. The Kier molecular flexibility index (Phi) is 5.59. The molecule has 3 aromatic carbocycles. The number of hydrogen-bond acceptors (Lipinski definition) is 3. The standard InChI is InChI=1S/C23H25N3/c24-20-11-5-17(6-12-20)3-1-2-4-23(18-7-13-21(25)14-8-18)19-9-15-22(26)16-10-19/h4-16H,1-3,24-26H2. The van der Waals surface area contributed by atoms with Crippen LogP contribution < -0.4 is 17.2 Å². The summed E-state index contributed by atoms with van der Waals surface area (Å²) in [6.45, 7) is 0. The van der Waals surface area contributed by atoms with Gasteiger partial charge in [-0.15, -0.1) is 0 Å². The van der Waals surface area contributed by atoms with Crippen molar-refractivity contribution in [2.75, 3.05) is 17.2 Å². The third-order valence-electron chi connectivity index (χ3n) is 4.44.